The Morgan fingerprint density at radius 3 is 2.13 bits per heavy atom. The number of hydrogen-bond acceptors (Lipinski definition) is 3. The zero-order chi connectivity index (χ0) is 27.7. The third-order valence-electron chi connectivity index (χ3n) is 7.27. The third kappa shape index (κ3) is 5.08. The summed E-state index contributed by atoms with van der Waals surface area (Å²) in [6, 6.07) is 18.8. The average Bonchev–Trinajstić information content (AvgIpc) is 2.88. The largest absolute Gasteiger partial charge is 0.322 e. The Morgan fingerprint density at radius 2 is 1.53 bits per heavy atom. The maximum absolute atomic E-state index is 13.8. The molecule has 1 N–H and O–H groups in total. The van der Waals surface area contributed by atoms with E-state index in [2.05, 4.69) is 51.2 Å². The van der Waals surface area contributed by atoms with Crippen molar-refractivity contribution in [2.75, 3.05) is 12.4 Å². The Morgan fingerprint density at radius 1 is 0.895 bits per heavy atom. The maximum atomic E-state index is 13.8. The number of aryl methyl sites for hydroxylation is 2. The van der Waals surface area contributed by atoms with Gasteiger partial charge in [-0.2, -0.15) is 0 Å². The predicted molar refractivity (Wildman–Crippen MR) is 157 cm³/mol. The fraction of sp³-hybridized carbons (Fsp3) is 0.344. The minimum absolute atomic E-state index is 0.148. The minimum atomic E-state index is -0.485. The Kier molecular flexibility index (Phi) is 7.72. The summed E-state index contributed by atoms with van der Waals surface area (Å²) in [5.74, 6) is 1.02. The van der Waals surface area contributed by atoms with Crippen LogP contribution in [0.25, 0.3) is 16.6 Å². The second-order valence-corrected chi connectivity index (χ2v) is 10.8. The van der Waals surface area contributed by atoms with Crippen molar-refractivity contribution < 1.29 is 4.79 Å². The number of benzene rings is 3. The molecule has 1 unspecified atom stereocenters. The molecular weight excluding hydrogens is 472 g/mol. The molecule has 38 heavy (non-hydrogen) atoms. The van der Waals surface area contributed by atoms with Gasteiger partial charge >= 0.3 is 6.03 Å². The molecule has 0 aliphatic rings. The first-order valence-corrected chi connectivity index (χ1v) is 13.3. The monoisotopic (exact) mass is 510 g/mol. The zero-order valence-corrected chi connectivity index (χ0v) is 23.7. The number of anilines is 1. The summed E-state index contributed by atoms with van der Waals surface area (Å²) in [5, 5.41) is 3.74. The van der Waals surface area contributed by atoms with Gasteiger partial charge in [0.25, 0.3) is 5.56 Å². The lowest BCUT2D eigenvalue weighted by molar-refractivity contribution is 0.205. The highest BCUT2D eigenvalue weighted by Crippen LogP contribution is 2.33. The Bertz CT molecular complexity index is 1530. The minimum Gasteiger partial charge on any atom is -0.318 e. The van der Waals surface area contributed by atoms with Gasteiger partial charge in [-0.15, -0.1) is 0 Å². The summed E-state index contributed by atoms with van der Waals surface area (Å²) >= 11 is 0. The van der Waals surface area contributed by atoms with Gasteiger partial charge in [-0.1, -0.05) is 75.7 Å². The van der Waals surface area contributed by atoms with E-state index in [-0.39, 0.29) is 23.4 Å². The molecule has 0 saturated heterocycles. The normalized spacial score (nSPS) is 12.3. The van der Waals surface area contributed by atoms with Gasteiger partial charge in [0.05, 0.1) is 22.6 Å². The molecule has 0 spiro atoms. The molecule has 1 atom stereocenters. The number of urea groups is 1. The SMILES string of the molecule is Cc1ccc(-n2c(C(C)N(C)C(=O)Nc3c(C(C)C)cccc3C(C)C)nc3ccccc3c2=O)c(C)c1. The quantitative estimate of drug-likeness (QED) is 0.292. The topological polar surface area (TPSA) is 67.2 Å². The molecule has 0 radical (unpaired) electrons. The third-order valence-corrected chi connectivity index (χ3v) is 7.27. The predicted octanol–water partition coefficient (Wildman–Crippen LogP) is 7.47. The van der Waals surface area contributed by atoms with Crippen molar-refractivity contribution >= 4 is 22.6 Å². The fourth-order valence-corrected chi connectivity index (χ4v) is 4.96. The first kappa shape index (κ1) is 27.1. The van der Waals surface area contributed by atoms with Gasteiger partial charge in [0.2, 0.25) is 0 Å². The van der Waals surface area contributed by atoms with Crippen LogP contribution < -0.4 is 10.9 Å². The number of nitrogens with one attached hydrogen (secondary N) is 1. The first-order valence-electron chi connectivity index (χ1n) is 13.3. The first-order chi connectivity index (χ1) is 18.0. The fourth-order valence-electron chi connectivity index (χ4n) is 4.96. The Balaban J connectivity index is 1.81. The lowest BCUT2D eigenvalue weighted by atomic mass is 9.93. The van der Waals surface area contributed by atoms with Crippen LogP contribution >= 0.6 is 0 Å². The van der Waals surface area contributed by atoms with Crippen LogP contribution in [0.5, 0.6) is 0 Å². The van der Waals surface area contributed by atoms with Crippen molar-refractivity contribution in [1.29, 1.82) is 0 Å². The lowest BCUT2D eigenvalue weighted by Gasteiger charge is -2.29. The zero-order valence-electron chi connectivity index (χ0n) is 23.7. The van der Waals surface area contributed by atoms with Crippen molar-refractivity contribution in [3.63, 3.8) is 0 Å². The van der Waals surface area contributed by atoms with E-state index in [0.29, 0.717) is 16.7 Å². The molecule has 3 aromatic carbocycles. The van der Waals surface area contributed by atoms with E-state index in [0.717, 1.165) is 33.6 Å². The van der Waals surface area contributed by atoms with E-state index in [4.69, 9.17) is 4.98 Å². The second kappa shape index (κ2) is 10.8. The summed E-state index contributed by atoms with van der Waals surface area (Å²) in [6.07, 6.45) is 0. The summed E-state index contributed by atoms with van der Waals surface area (Å²) in [7, 11) is 1.75. The molecule has 1 heterocycles. The molecule has 1 aromatic heterocycles. The van der Waals surface area contributed by atoms with E-state index in [1.54, 1.807) is 22.6 Å². The molecular formula is C32H38N4O2. The van der Waals surface area contributed by atoms with Gasteiger partial charge in [0.15, 0.2) is 0 Å². The molecule has 4 rings (SSSR count). The molecule has 0 fully saturated rings. The van der Waals surface area contributed by atoms with Crippen LogP contribution in [0.4, 0.5) is 10.5 Å². The van der Waals surface area contributed by atoms with Crippen LogP contribution in [0, 0.1) is 13.8 Å². The number of amides is 2. The Labute approximate surface area is 225 Å². The molecule has 2 amide bonds. The average molecular weight is 511 g/mol. The molecule has 6 nitrogen and oxygen atoms in total. The molecule has 0 aliphatic carbocycles. The van der Waals surface area contributed by atoms with Crippen molar-refractivity contribution in [1.82, 2.24) is 14.5 Å². The number of carbonyl (C=O) groups excluding carboxylic acids is 1. The van der Waals surface area contributed by atoms with Crippen molar-refractivity contribution in [3.05, 3.63) is 99.1 Å². The van der Waals surface area contributed by atoms with Crippen LogP contribution in [-0.2, 0) is 0 Å². The highest BCUT2D eigenvalue weighted by molar-refractivity contribution is 5.91. The number of rotatable bonds is 6. The van der Waals surface area contributed by atoms with Gasteiger partial charge in [-0.05, 0) is 67.5 Å². The van der Waals surface area contributed by atoms with Crippen LogP contribution in [0.15, 0.2) is 65.5 Å². The Hall–Kier alpha value is -3.93. The smallest absolute Gasteiger partial charge is 0.318 e. The number of hydrogen-bond donors (Lipinski definition) is 1. The van der Waals surface area contributed by atoms with Gasteiger partial charge in [-0.3, -0.25) is 9.36 Å². The van der Waals surface area contributed by atoms with Gasteiger partial charge in [-0.25, -0.2) is 9.78 Å². The lowest BCUT2D eigenvalue weighted by Crippen LogP contribution is -2.37. The van der Waals surface area contributed by atoms with E-state index < -0.39 is 6.04 Å². The summed E-state index contributed by atoms with van der Waals surface area (Å²) < 4.78 is 1.66. The standard InChI is InChI=1S/C32H38N4O2/c1-19(2)24-13-11-14-25(20(3)4)29(24)34-32(38)35(8)23(7)30-33-27-15-10-9-12-26(27)31(37)36(30)28-17-16-21(5)18-22(28)6/h9-20,23H,1-8H3,(H,34,38). The number of fused-ring (bicyclic) bond motifs is 1. The number of aromatic nitrogens is 2. The van der Waals surface area contributed by atoms with E-state index in [1.165, 1.54) is 0 Å². The number of carbonyl (C=O) groups is 1. The number of nitrogens with zero attached hydrogens (tertiary/aromatic N) is 3. The van der Waals surface area contributed by atoms with Crippen LogP contribution in [0.3, 0.4) is 0 Å². The molecule has 0 bridgehead atoms. The molecule has 6 heteroatoms. The highest BCUT2D eigenvalue weighted by Gasteiger charge is 2.26. The summed E-state index contributed by atoms with van der Waals surface area (Å²) in [6.45, 7) is 14.4. The van der Waals surface area contributed by atoms with Gasteiger partial charge in [0, 0.05) is 12.7 Å². The summed E-state index contributed by atoms with van der Waals surface area (Å²) in [5.41, 5.74) is 6.37. The van der Waals surface area contributed by atoms with Crippen LogP contribution in [0.1, 0.15) is 80.6 Å². The van der Waals surface area contributed by atoms with E-state index >= 15 is 0 Å². The molecule has 198 valence electrons. The molecule has 0 saturated carbocycles. The molecule has 0 aliphatic heterocycles. The van der Waals surface area contributed by atoms with Gasteiger partial charge in [0.1, 0.15) is 5.82 Å². The summed E-state index contributed by atoms with van der Waals surface area (Å²) in [4.78, 5) is 34.0. The van der Waals surface area contributed by atoms with E-state index in [1.807, 2.05) is 57.2 Å². The van der Waals surface area contributed by atoms with Crippen LogP contribution in [0.2, 0.25) is 0 Å². The van der Waals surface area contributed by atoms with Crippen molar-refractivity contribution in [2.24, 2.45) is 0 Å². The second-order valence-electron chi connectivity index (χ2n) is 10.8. The molecule has 4 aromatic rings. The van der Waals surface area contributed by atoms with Gasteiger partial charge < -0.3 is 10.2 Å². The van der Waals surface area contributed by atoms with Crippen molar-refractivity contribution in [2.45, 2.75) is 66.3 Å². The maximum Gasteiger partial charge on any atom is 0.322 e. The van der Waals surface area contributed by atoms with E-state index in [9.17, 15) is 9.59 Å². The highest BCUT2D eigenvalue weighted by atomic mass is 16.2. The van der Waals surface area contributed by atoms with Crippen molar-refractivity contribution in [3.8, 4) is 5.69 Å². The number of para-hydroxylation sites is 2. The van der Waals surface area contributed by atoms with Crippen LogP contribution in [-0.4, -0.2) is 27.5 Å².